The van der Waals surface area contributed by atoms with Crippen LogP contribution in [-0.4, -0.2) is 34.5 Å². The molecule has 0 saturated heterocycles. The Kier molecular flexibility index (Phi) is 5.06. The molecule has 0 aliphatic carbocycles. The van der Waals surface area contributed by atoms with Crippen LogP contribution in [0.1, 0.15) is 15.9 Å². The molecule has 0 radical (unpaired) electrons. The number of rotatable bonds is 5. The summed E-state index contributed by atoms with van der Waals surface area (Å²) in [6, 6.07) is 16.5. The van der Waals surface area contributed by atoms with Crippen molar-refractivity contribution in [2.24, 2.45) is 5.10 Å². The molecular formula is C18H15N5O2. The smallest absolute Gasteiger partial charge is 0.337 e. The van der Waals surface area contributed by atoms with Crippen molar-refractivity contribution in [2.45, 2.75) is 0 Å². The number of aromatic nitrogens is 3. The number of carbonyl (C=O) groups excluding carboxylic acids is 1. The molecule has 0 amide bonds. The molecule has 1 heterocycles. The van der Waals surface area contributed by atoms with Gasteiger partial charge >= 0.3 is 5.97 Å². The van der Waals surface area contributed by atoms with E-state index in [9.17, 15) is 4.79 Å². The van der Waals surface area contributed by atoms with Gasteiger partial charge in [-0.3, -0.25) is 0 Å². The first-order chi connectivity index (χ1) is 12.3. The lowest BCUT2D eigenvalue weighted by Crippen LogP contribution is -2.01. The monoisotopic (exact) mass is 333 g/mol. The van der Waals surface area contributed by atoms with Crippen molar-refractivity contribution in [1.82, 2.24) is 15.2 Å². The number of methoxy groups -OCH3 is 1. The molecule has 2 aromatic carbocycles. The van der Waals surface area contributed by atoms with E-state index in [4.69, 9.17) is 0 Å². The lowest BCUT2D eigenvalue weighted by atomic mass is 10.1. The van der Waals surface area contributed by atoms with Crippen molar-refractivity contribution >= 4 is 18.1 Å². The Bertz CT molecular complexity index is 879. The predicted octanol–water partition coefficient (Wildman–Crippen LogP) is 2.77. The minimum absolute atomic E-state index is 0.295. The van der Waals surface area contributed by atoms with Crippen molar-refractivity contribution < 1.29 is 9.53 Å². The van der Waals surface area contributed by atoms with Crippen molar-refractivity contribution in [3.63, 3.8) is 0 Å². The maximum absolute atomic E-state index is 11.4. The summed E-state index contributed by atoms with van der Waals surface area (Å²) in [7, 11) is 1.35. The third kappa shape index (κ3) is 4.23. The van der Waals surface area contributed by atoms with Gasteiger partial charge in [0.05, 0.1) is 30.8 Å². The summed E-state index contributed by atoms with van der Waals surface area (Å²) >= 11 is 0. The van der Waals surface area contributed by atoms with Gasteiger partial charge in [0.25, 0.3) is 5.95 Å². The number of hydrazone groups is 1. The lowest BCUT2D eigenvalue weighted by Gasteiger charge is -2.02. The molecule has 0 aliphatic rings. The Labute approximate surface area is 144 Å². The Morgan fingerprint density at radius 3 is 2.60 bits per heavy atom. The Hall–Kier alpha value is -3.61. The van der Waals surface area contributed by atoms with Crippen molar-refractivity contribution in [3.05, 3.63) is 71.9 Å². The van der Waals surface area contributed by atoms with Crippen LogP contribution in [0.5, 0.6) is 0 Å². The second-order valence-corrected chi connectivity index (χ2v) is 5.01. The van der Waals surface area contributed by atoms with Crippen molar-refractivity contribution in [1.29, 1.82) is 0 Å². The Morgan fingerprint density at radius 2 is 1.88 bits per heavy atom. The number of nitrogens with one attached hydrogen (secondary N) is 1. The van der Waals surface area contributed by atoms with Crippen LogP contribution >= 0.6 is 0 Å². The number of hydrogen-bond donors (Lipinski definition) is 1. The molecule has 0 unspecified atom stereocenters. The molecule has 0 aliphatic heterocycles. The highest BCUT2D eigenvalue weighted by atomic mass is 16.5. The molecule has 7 heteroatoms. The van der Waals surface area contributed by atoms with Gasteiger partial charge in [-0.15, -0.1) is 5.10 Å². The van der Waals surface area contributed by atoms with E-state index in [1.165, 1.54) is 7.11 Å². The predicted molar refractivity (Wildman–Crippen MR) is 94.3 cm³/mol. The largest absolute Gasteiger partial charge is 0.465 e. The third-order valence-corrected chi connectivity index (χ3v) is 3.34. The summed E-state index contributed by atoms with van der Waals surface area (Å²) in [4.78, 5) is 15.7. The molecule has 0 atom stereocenters. The molecule has 0 spiro atoms. The standard InChI is InChI=1S/C18H15N5O2/c1-25-17(24)15-9-7-13(8-10-15)11-19-22-18-21-16(12-20-23-18)14-5-3-2-4-6-14/h2-12H,1H3,(H,21,22,23)/b19-11-. The quantitative estimate of drug-likeness (QED) is 0.439. The first kappa shape index (κ1) is 16.3. The second kappa shape index (κ2) is 7.78. The van der Waals surface area contributed by atoms with Crippen LogP contribution in [-0.2, 0) is 4.74 Å². The molecule has 1 aromatic heterocycles. The second-order valence-electron chi connectivity index (χ2n) is 5.01. The molecule has 124 valence electrons. The van der Waals surface area contributed by atoms with Gasteiger partial charge in [0.2, 0.25) is 0 Å². The van der Waals surface area contributed by atoms with E-state index in [0.717, 1.165) is 11.1 Å². The van der Waals surface area contributed by atoms with Gasteiger partial charge in [0, 0.05) is 5.56 Å². The topological polar surface area (TPSA) is 89.4 Å². The van der Waals surface area contributed by atoms with Crippen LogP contribution < -0.4 is 5.43 Å². The molecule has 0 fully saturated rings. The van der Waals surface area contributed by atoms with E-state index in [1.54, 1.807) is 36.7 Å². The molecular weight excluding hydrogens is 318 g/mol. The third-order valence-electron chi connectivity index (χ3n) is 3.34. The van der Waals surface area contributed by atoms with E-state index in [-0.39, 0.29) is 5.97 Å². The zero-order valence-corrected chi connectivity index (χ0v) is 13.5. The Morgan fingerprint density at radius 1 is 1.12 bits per heavy atom. The molecule has 0 saturated carbocycles. The molecule has 25 heavy (non-hydrogen) atoms. The van der Waals surface area contributed by atoms with Crippen LogP contribution in [0.2, 0.25) is 0 Å². The highest BCUT2D eigenvalue weighted by molar-refractivity contribution is 5.90. The fourth-order valence-corrected chi connectivity index (χ4v) is 2.09. The summed E-state index contributed by atoms with van der Waals surface area (Å²) in [6.07, 6.45) is 3.19. The molecule has 7 nitrogen and oxygen atoms in total. The van der Waals surface area contributed by atoms with Crippen molar-refractivity contribution in [3.8, 4) is 11.3 Å². The van der Waals surface area contributed by atoms with Crippen LogP contribution in [0.15, 0.2) is 65.9 Å². The normalized spacial score (nSPS) is 10.6. The summed E-state index contributed by atoms with van der Waals surface area (Å²) in [6.45, 7) is 0. The van der Waals surface area contributed by atoms with E-state index in [2.05, 4.69) is 30.4 Å². The number of hydrogen-bond acceptors (Lipinski definition) is 7. The summed E-state index contributed by atoms with van der Waals surface area (Å²) < 4.78 is 4.65. The number of ether oxygens (including phenoxy) is 1. The van der Waals surface area contributed by atoms with Crippen molar-refractivity contribution in [2.75, 3.05) is 12.5 Å². The van der Waals surface area contributed by atoms with E-state index >= 15 is 0 Å². The highest BCUT2D eigenvalue weighted by Gasteiger charge is 2.04. The molecule has 0 bridgehead atoms. The van der Waals surface area contributed by atoms with Gasteiger partial charge in [-0.05, 0) is 17.7 Å². The van der Waals surface area contributed by atoms with Gasteiger partial charge < -0.3 is 4.74 Å². The minimum Gasteiger partial charge on any atom is -0.465 e. The molecule has 3 rings (SSSR count). The summed E-state index contributed by atoms with van der Waals surface area (Å²) in [5.41, 5.74) is 5.69. The van der Waals surface area contributed by atoms with E-state index < -0.39 is 0 Å². The number of nitrogens with zero attached hydrogens (tertiary/aromatic N) is 4. The van der Waals surface area contributed by atoms with Crippen LogP contribution in [0.4, 0.5) is 5.95 Å². The number of carbonyl (C=O) groups is 1. The SMILES string of the molecule is COC(=O)c1ccc(/C=N\Nc2nncc(-c3ccccc3)n2)cc1. The van der Waals surface area contributed by atoms with Crippen LogP contribution in [0.25, 0.3) is 11.3 Å². The van der Waals surface area contributed by atoms with E-state index in [0.29, 0.717) is 17.2 Å². The van der Waals surface area contributed by atoms with Gasteiger partial charge in [0.1, 0.15) is 0 Å². The fourth-order valence-electron chi connectivity index (χ4n) is 2.09. The zero-order valence-electron chi connectivity index (χ0n) is 13.5. The molecule has 3 aromatic rings. The van der Waals surface area contributed by atoms with Crippen LogP contribution in [0.3, 0.4) is 0 Å². The fraction of sp³-hybridized carbons (Fsp3) is 0.0556. The average molecular weight is 333 g/mol. The first-order valence-electron chi connectivity index (χ1n) is 7.49. The number of esters is 1. The summed E-state index contributed by atoms with van der Waals surface area (Å²) in [5, 5.41) is 11.9. The van der Waals surface area contributed by atoms with Gasteiger partial charge in [-0.2, -0.15) is 10.2 Å². The number of benzene rings is 2. The lowest BCUT2D eigenvalue weighted by molar-refractivity contribution is 0.0600. The maximum atomic E-state index is 11.4. The average Bonchev–Trinajstić information content (AvgIpc) is 2.69. The summed E-state index contributed by atoms with van der Waals surface area (Å²) in [5.74, 6) is -0.0809. The maximum Gasteiger partial charge on any atom is 0.337 e. The van der Waals surface area contributed by atoms with Crippen LogP contribution in [0, 0.1) is 0 Å². The van der Waals surface area contributed by atoms with Gasteiger partial charge in [-0.25, -0.2) is 15.2 Å². The van der Waals surface area contributed by atoms with Gasteiger partial charge in [-0.1, -0.05) is 42.5 Å². The minimum atomic E-state index is -0.376. The van der Waals surface area contributed by atoms with Gasteiger partial charge in [0.15, 0.2) is 0 Å². The Balaban J connectivity index is 1.67. The number of anilines is 1. The molecule has 1 N–H and O–H groups in total. The zero-order chi connectivity index (χ0) is 17.5. The van der Waals surface area contributed by atoms with E-state index in [1.807, 2.05) is 30.3 Å². The highest BCUT2D eigenvalue weighted by Crippen LogP contribution is 2.15. The first-order valence-corrected chi connectivity index (χ1v) is 7.49.